The molecule has 1 saturated heterocycles. The van der Waals surface area contributed by atoms with Gasteiger partial charge in [-0.1, -0.05) is 38.1 Å². The van der Waals surface area contributed by atoms with Gasteiger partial charge in [-0.3, -0.25) is 13.9 Å². The van der Waals surface area contributed by atoms with E-state index in [2.05, 4.69) is 9.97 Å². The zero-order chi connectivity index (χ0) is 26.1. The molecule has 0 spiro atoms. The summed E-state index contributed by atoms with van der Waals surface area (Å²) in [6.45, 7) is 4.37. The number of allylic oxidation sites excluding steroid dienone is 1. The number of hydrogen-bond donors (Lipinski definition) is 1. The van der Waals surface area contributed by atoms with Crippen LogP contribution in [0.3, 0.4) is 0 Å². The number of nitrogens with two attached hydrogens (primary N) is 1. The SMILES string of the molecule is CC(C)C=C(C#N)C(=O)N1CC(n2c(=O)n(-c3ccc(Oc4ccccc4)cc3)c3c(N)ncnc32)C1. The van der Waals surface area contributed by atoms with E-state index in [1.165, 1.54) is 10.9 Å². The number of benzene rings is 2. The highest BCUT2D eigenvalue weighted by Crippen LogP contribution is 2.29. The Morgan fingerprint density at radius 3 is 2.43 bits per heavy atom. The van der Waals surface area contributed by atoms with Gasteiger partial charge in [-0.15, -0.1) is 0 Å². The number of imidazole rings is 1. The molecule has 0 saturated carbocycles. The van der Waals surface area contributed by atoms with Crippen LogP contribution in [0.1, 0.15) is 19.9 Å². The molecule has 1 aliphatic rings. The smallest absolute Gasteiger partial charge is 0.335 e. The summed E-state index contributed by atoms with van der Waals surface area (Å²) >= 11 is 0. The Morgan fingerprint density at radius 2 is 1.78 bits per heavy atom. The number of anilines is 1. The van der Waals surface area contributed by atoms with Crippen LogP contribution in [-0.2, 0) is 4.79 Å². The highest BCUT2D eigenvalue weighted by molar-refractivity contribution is 5.97. The topological polar surface area (TPSA) is 132 Å². The molecule has 0 bridgehead atoms. The maximum absolute atomic E-state index is 13.7. The number of carbonyl (C=O) groups excluding carboxylic acids is 1. The zero-order valence-electron chi connectivity index (χ0n) is 20.4. The molecular weight excluding hydrogens is 470 g/mol. The fourth-order valence-electron chi connectivity index (χ4n) is 4.37. The first-order valence-corrected chi connectivity index (χ1v) is 11.8. The summed E-state index contributed by atoms with van der Waals surface area (Å²) in [5.74, 6) is 1.22. The number of nitrogens with zero attached hydrogens (tertiary/aromatic N) is 6. The lowest BCUT2D eigenvalue weighted by molar-refractivity contribution is -0.132. The average molecular weight is 496 g/mol. The number of nitriles is 1. The lowest BCUT2D eigenvalue weighted by atomic mass is 10.0. The first-order valence-electron chi connectivity index (χ1n) is 11.8. The summed E-state index contributed by atoms with van der Waals surface area (Å²) in [5, 5.41) is 9.38. The molecule has 186 valence electrons. The number of likely N-dealkylation sites (tertiary alicyclic amines) is 1. The van der Waals surface area contributed by atoms with Gasteiger partial charge in [-0.25, -0.2) is 14.8 Å². The molecule has 1 fully saturated rings. The van der Waals surface area contributed by atoms with Crippen LogP contribution in [0.2, 0.25) is 0 Å². The van der Waals surface area contributed by atoms with Crippen LogP contribution in [-0.4, -0.2) is 43.0 Å². The number of aromatic nitrogens is 4. The lowest BCUT2D eigenvalue weighted by Crippen LogP contribution is -2.53. The van der Waals surface area contributed by atoms with Gasteiger partial charge in [0.2, 0.25) is 0 Å². The number of nitrogen functional groups attached to an aromatic ring is 1. The second-order valence-corrected chi connectivity index (χ2v) is 9.13. The molecular formula is C27H25N7O3. The van der Waals surface area contributed by atoms with E-state index in [1.54, 1.807) is 39.8 Å². The fraction of sp³-hybridized carbons (Fsp3) is 0.222. The first-order chi connectivity index (χ1) is 17.9. The fourth-order valence-corrected chi connectivity index (χ4v) is 4.37. The van der Waals surface area contributed by atoms with Crippen LogP contribution in [0.25, 0.3) is 16.9 Å². The van der Waals surface area contributed by atoms with Crippen LogP contribution in [0, 0.1) is 17.2 Å². The Hall–Kier alpha value is -4.91. The summed E-state index contributed by atoms with van der Waals surface area (Å²) < 4.78 is 8.88. The second-order valence-electron chi connectivity index (χ2n) is 9.13. The first kappa shape index (κ1) is 23.8. The quantitative estimate of drug-likeness (QED) is 0.320. The van der Waals surface area contributed by atoms with Crippen LogP contribution < -0.4 is 16.2 Å². The molecule has 0 unspecified atom stereocenters. The Balaban J connectivity index is 1.46. The summed E-state index contributed by atoms with van der Waals surface area (Å²) in [5.41, 5.74) is 7.32. The normalized spacial score (nSPS) is 14.0. The lowest BCUT2D eigenvalue weighted by Gasteiger charge is -2.39. The maximum atomic E-state index is 13.7. The van der Waals surface area contributed by atoms with Crippen molar-refractivity contribution in [2.24, 2.45) is 5.92 Å². The molecule has 2 aromatic carbocycles. The van der Waals surface area contributed by atoms with E-state index in [1.807, 2.05) is 50.2 Å². The van der Waals surface area contributed by atoms with Crippen LogP contribution in [0.5, 0.6) is 11.5 Å². The van der Waals surface area contributed by atoms with Gasteiger partial charge in [0, 0.05) is 13.1 Å². The number of carbonyl (C=O) groups is 1. The molecule has 0 radical (unpaired) electrons. The van der Waals surface area contributed by atoms with Crippen molar-refractivity contribution in [3.05, 3.63) is 83.1 Å². The van der Waals surface area contributed by atoms with Gasteiger partial charge in [0.1, 0.15) is 35.0 Å². The number of amides is 1. The highest BCUT2D eigenvalue weighted by atomic mass is 16.5. The molecule has 10 nitrogen and oxygen atoms in total. The van der Waals surface area contributed by atoms with Crippen LogP contribution in [0.4, 0.5) is 5.82 Å². The van der Waals surface area contributed by atoms with Crippen molar-refractivity contribution in [2.75, 3.05) is 18.8 Å². The third kappa shape index (κ3) is 4.43. The molecule has 0 aliphatic carbocycles. The molecule has 1 amide bonds. The van der Waals surface area contributed by atoms with Gasteiger partial charge in [0.15, 0.2) is 11.5 Å². The second kappa shape index (κ2) is 9.62. The van der Waals surface area contributed by atoms with Gasteiger partial charge in [-0.2, -0.15) is 5.26 Å². The number of fused-ring (bicyclic) bond motifs is 1. The van der Waals surface area contributed by atoms with Crippen LogP contribution in [0.15, 0.2) is 77.4 Å². The average Bonchev–Trinajstić information content (AvgIpc) is 3.15. The molecule has 4 aromatic rings. The van der Waals surface area contributed by atoms with E-state index >= 15 is 0 Å². The summed E-state index contributed by atoms with van der Waals surface area (Å²) in [6, 6.07) is 18.1. The monoisotopic (exact) mass is 495 g/mol. The Kier molecular flexibility index (Phi) is 6.19. The molecule has 3 heterocycles. The molecule has 5 rings (SSSR count). The molecule has 1 aliphatic heterocycles. The summed E-state index contributed by atoms with van der Waals surface area (Å²) in [4.78, 5) is 36.4. The van der Waals surface area contributed by atoms with Crippen molar-refractivity contribution < 1.29 is 9.53 Å². The van der Waals surface area contributed by atoms with E-state index in [0.717, 1.165) is 0 Å². The van der Waals surface area contributed by atoms with E-state index in [4.69, 9.17) is 10.5 Å². The van der Waals surface area contributed by atoms with Gasteiger partial charge in [0.25, 0.3) is 5.91 Å². The van der Waals surface area contributed by atoms with Crippen molar-refractivity contribution in [3.8, 4) is 23.3 Å². The third-order valence-corrected chi connectivity index (χ3v) is 6.12. The van der Waals surface area contributed by atoms with Crippen molar-refractivity contribution in [1.29, 1.82) is 5.26 Å². The van der Waals surface area contributed by atoms with Crippen molar-refractivity contribution in [1.82, 2.24) is 24.0 Å². The molecule has 10 heteroatoms. The largest absolute Gasteiger partial charge is 0.457 e. The van der Waals surface area contributed by atoms with Crippen molar-refractivity contribution in [2.45, 2.75) is 19.9 Å². The Morgan fingerprint density at radius 1 is 1.11 bits per heavy atom. The zero-order valence-corrected chi connectivity index (χ0v) is 20.4. The number of ether oxygens (including phenoxy) is 1. The minimum absolute atomic E-state index is 0.0698. The van der Waals surface area contributed by atoms with Crippen molar-refractivity contribution in [3.63, 3.8) is 0 Å². The van der Waals surface area contributed by atoms with E-state index in [-0.39, 0.29) is 48.0 Å². The minimum Gasteiger partial charge on any atom is -0.457 e. The number of para-hydroxylation sites is 1. The van der Waals surface area contributed by atoms with Gasteiger partial charge >= 0.3 is 5.69 Å². The summed E-state index contributed by atoms with van der Waals surface area (Å²) in [6.07, 6.45) is 2.96. The predicted octanol–water partition coefficient (Wildman–Crippen LogP) is 3.45. The van der Waals surface area contributed by atoms with Crippen LogP contribution >= 0.6 is 0 Å². The van der Waals surface area contributed by atoms with E-state index < -0.39 is 0 Å². The molecule has 37 heavy (non-hydrogen) atoms. The number of hydrogen-bond acceptors (Lipinski definition) is 7. The highest BCUT2D eigenvalue weighted by Gasteiger charge is 2.36. The molecule has 2 N–H and O–H groups in total. The van der Waals surface area contributed by atoms with Gasteiger partial charge < -0.3 is 15.4 Å². The molecule has 2 aromatic heterocycles. The minimum atomic E-state index is -0.340. The van der Waals surface area contributed by atoms with E-state index in [0.29, 0.717) is 28.4 Å². The predicted molar refractivity (Wildman–Crippen MR) is 138 cm³/mol. The number of rotatable bonds is 6. The summed E-state index contributed by atoms with van der Waals surface area (Å²) in [7, 11) is 0. The molecule has 0 atom stereocenters. The standard InChI is InChI=1S/C27H25N7O3/c1-17(2)12-18(13-28)26(35)32-14-20(15-32)34-25-23(24(29)30-16-31-25)33(27(34)36)19-8-10-22(11-9-19)37-21-6-4-3-5-7-21/h3-12,16-17,20H,14-15H2,1-2H3,(H2,29,30,31). The van der Waals surface area contributed by atoms with E-state index in [9.17, 15) is 14.9 Å². The van der Waals surface area contributed by atoms with Gasteiger partial charge in [0.05, 0.1) is 11.7 Å². The third-order valence-electron chi connectivity index (χ3n) is 6.12. The van der Waals surface area contributed by atoms with Gasteiger partial charge in [-0.05, 0) is 42.3 Å². The maximum Gasteiger partial charge on any atom is 0.335 e. The van der Waals surface area contributed by atoms with Crippen molar-refractivity contribution >= 4 is 22.9 Å². The Bertz CT molecular complexity index is 1590. The Labute approximate surface area is 212 Å².